The maximum Gasteiger partial charge on any atom is 0.139 e. The highest BCUT2D eigenvalue weighted by Crippen LogP contribution is 2.31. The van der Waals surface area contributed by atoms with Gasteiger partial charge in [-0.05, 0) is 24.3 Å². The zero-order valence-electron chi connectivity index (χ0n) is 11.0. The number of hydrogen-bond donors (Lipinski definition) is 0. The summed E-state index contributed by atoms with van der Waals surface area (Å²) in [5.74, 6) is 0.500. The molecule has 0 aliphatic rings. The average molecular weight is 278 g/mol. The SMILES string of the molecule is Fc1ccc2nc(-c3ccccc3-c3ccco3)cn2c1. The summed E-state index contributed by atoms with van der Waals surface area (Å²) < 4.78 is 20.5. The summed E-state index contributed by atoms with van der Waals surface area (Å²) in [6.07, 6.45) is 4.88. The number of imidazole rings is 1. The molecule has 3 aromatic heterocycles. The number of furan rings is 1. The van der Waals surface area contributed by atoms with Gasteiger partial charge in [0.05, 0.1) is 12.0 Å². The topological polar surface area (TPSA) is 30.4 Å². The molecule has 0 bridgehead atoms. The zero-order valence-corrected chi connectivity index (χ0v) is 11.0. The van der Waals surface area contributed by atoms with Gasteiger partial charge in [-0.1, -0.05) is 24.3 Å². The molecular weight excluding hydrogens is 267 g/mol. The Hall–Kier alpha value is -2.88. The molecule has 0 saturated heterocycles. The molecule has 1 aromatic carbocycles. The monoisotopic (exact) mass is 278 g/mol. The van der Waals surface area contributed by atoms with E-state index in [0.29, 0.717) is 5.65 Å². The van der Waals surface area contributed by atoms with Crippen molar-refractivity contribution in [2.75, 3.05) is 0 Å². The van der Waals surface area contributed by atoms with Crippen LogP contribution in [0.1, 0.15) is 0 Å². The van der Waals surface area contributed by atoms with E-state index < -0.39 is 0 Å². The summed E-state index contributed by atoms with van der Waals surface area (Å²) in [5, 5.41) is 0. The van der Waals surface area contributed by atoms with Crippen LogP contribution in [0.2, 0.25) is 0 Å². The van der Waals surface area contributed by atoms with Crippen molar-refractivity contribution in [3.8, 4) is 22.6 Å². The van der Waals surface area contributed by atoms with Crippen molar-refractivity contribution < 1.29 is 8.81 Å². The molecule has 0 atom stereocenters. The molecule has 4 rings (SSSR count). The second-order valence-electron chi connectivity index (χ2n) is 4.76. The molecule has 3 heterocycles. The summed E-state index contributed by atoms with van der Waals surface area (Å²) in [5.41, 5.74) is 3.41. The molecule has 4 heteroatoms. The van der Waals surface area contributed by atoms with Crippen LogP contribution < -0.4 is 0 Å². The van der Waals surface area contributed by atoms with E-state index in [-0.39, 0.29) is 5.82 Å². The Morgan fingerprint density at radius 2 is 1.76 bits per heavy atom. The third kappa shape index (κ3) is 2.01. The van der Waals surface area contributed by atoms with Crippen LogP contribution in [0, 0.1) is 5.82 Å². The Morgan fingerprint density at radius 3 is 2.57 bits per heavy atom. The molecule has 3 nitrogen and oxygen atoms in total. The second kappa shape index (κ2) is 4.59. The summed E-state index contributed by atoms with van der Waals surface area (Å²) in [7, 11) is 0. The fourth-order valence-electron chi connectivity index (χ4n) is 2.45. The molecule has 0 amide bonds. The number of benzene rings is 1. The van der Waals surface area contributed by atoms with Crippen LogP contribution in [0.3, 0.4) is 0 Å². The van der Waals surface area contributed by atoms with Gasteiger partial charge < -0.3 is 8.82 Å². The smallest absolute Gasteiger partial charge is 0.139 e. The standard InChI is InChI=1S/C17H11FN2O/c18-12-7-8-17-19-15(11-20(17)10-12)13-4-1-2-5-14(13)16-6-3-9-21-16/h1-11H. The molecular formula is C17H11FN2O. The van der Waals surface area contributed by atoms with Crippen molar-refractivity contribution in [3.63, 3.8) is 0 Å². The van der Waals surface area contributed by atoms with Gasteiger partial charge in [0.15, 0.2) is 0 Å². The van der Waals surface area contributed by atoms with Gasteiger partial charge in [0.25, 0.3) is 0 Å². The van der Waals surface area contributed by atoms with Crippen LogP contribution >= 0.6 is 0 Å². The fourth-order valence-corrected chi connectivity index (χ4v) is 2.45. The van der Waals surface area contributed by atoms with E-state index in [2.05, 4.69) is 4.98 Å². The molecule has 21 heavy (non-hydrogen) atoms. The minimum atomic E-state index is -0.286. The van der Waals surface area contributed by atoms with Crippen molar-refractivity contribution >= 4 is 5.65 Å². The van der Waals surface area contributed by atoms with Gasteiger partial charge in [-0.3, -0.25) is 0 Å². The molecule has 4 aromatic rings. The Kier molecular flexibility index (Phi) is 2.60. The van der Waals surface area contributed by atoms with Gasteiger partial charge in [0.2, 0.25) is 0 Å². The fraction of sp³-hybridized carbons (Fsp3) is 0. The molecule has 102 valence electrons. The number of aromatic nitrogens is 2. The minimum absolute atomic E-state index is 0.286. The lowest BCUT2D eigenvalue weighted by Gasteiger charge is -2.03. The highest BCUT2D eigenvalue weighted by atomic mass is 19.1. The van der Waals surface area contributed by atoms with E-state index in [0.717, 1.165) is 22.6 Å². The first kappa shape index (κ1) is 11.9. The van der Waals surface area contributed by atoms with E-state index in [9.17, 15) is 4.39 Å². The maximum atomic E-state index is 13.3. The van der Waals surface area contributed by atoms with E-state index in [1.807, 2.05) is 42.6 Å². The van der Waals surface area contributed by atoms with Crippen LogP contribution in [-0.2, 0) is 0 Å². The first-order chi connectivity index (χ1) is 10.3. The molecule has 0 saturated carbocycles. The predicted molar refractivity (Wildman–Crippen MR) is 78.3 cm³/mol. The van der Waals surface area contributed by atoms with E-state index in [1.54, 1.807) is 16.7 Å². The van der Waals surface area contributed by atoms with Crippen molar-refractivity contribution in [2.45, 2.75) is 0 Å². The highest BCUT2D eigenvalue weighted by Gasteiger charge is 2.12. The van der Waals surface area contributed by atoms with Crippen LogP contribution in [0.5, 0.6) is 0 Å². The molecule has 0 radical (unpaired) electrons. The lowest BCUT2D eigenvalue weighted by atomic mass is 10.0. The normalized spacial score (nSPS) is 11.1. The summed E-state index contributed by atoms with van der Waals surface area (Å²) in [6.45, 7) is 0. The molecule has 0 spiro atoms. The van der Waals surface area contributed by atoms with Crippen LogP contribution in [0.4, 0.5) is 4.39 Å². The Bertz CT molecular complexity index is 910. The van der Waals surface area contributed by atoms with E-state index >= 15 is 0 Å². The van der Waals surface area contributed by atoms with Gasteiger partial charge in [0.1, 0.15) is 17.2 Å². The molecule has 0 aliphatic heterocycles. The number of rotatable bonds is 2. The maximum absolute atomic E-state index is 13.3. The molecule has 0 unspecified atom stereocenters. The molecule has 0 N–H and O–H groups in total. The Balaban J connectivity index is 1.93. The van der Waals surface area contributed by atoms with Crippen molar-refractivity contribution in [2.24, 2.45) is 0 Å². The minimum Gasteiger partial charge on any atom is -0.464 e. The van der Waals surface area contributed by atoms with Crippen LogP contribution in [0.25, 0.3) is 28.2 Å². The number of pyridine rings is 1. The van der Waals surface area contributed by atoms with E-state index in [1.165, 1.54) is 12.3 Å². The van der Waals surface area contributed by atoms with Crippen LogP contribution in [0.15, 0.2) is 71.6 Å². The second-order valence-corrected chi connectivity index (χ2v) is 4.76. The third-order valence-corrected chi connectivity index (χ3v) is 3.40. The van der Waals surface area contributed by atoms with Crippen molar-refractivity contribution in [1.29, 1.82) is 0 Å². The summed E-state index contributed by atoms with van der Waals surface area (Å²) in [4.78, 5) is 4.55. The largest absolute Gasteiger partial charge is 0.464 e. The van der Waals surface area contributed by atoms with Gasteiger partial charge in [0, 0.05) is 23.5 Å². The highest BCUT2D eigenvalue weighted by molar-refractivity contribution is 5.80. The number of halogens is 1. The lowest BCUT2D eigenvalue weighted by Crippen LogP contribution is -1.83. The first-order valence-corrected chi connectivity index (χ1v) is 6.59. The molecule has 0 fully saturated rings. The zero-order chi connectivity index (χ0) is 14.2. The first-order valence-electron chi connectivity index (χ1n) is 6.59. The van der Waals surface area contributed by atoms with E-state index in [4.69, 9.17) is 4.42 Å². The molecule has 0 aliphatic carbocycles. The summed E-state index contributed by atoms with van der Waals surface area (Å²) in [6, 6.07) is 14.7. The van der Waals surface area contributed by atoms with Gasteiger partial charge in [-0.2, -0.15) is 0 Å². The van der Waals surface area contributed by atoms with Crippen molar-refractivity contribution in [1.82, 2.24) is 9.38 Å². The Labute approximate surface area is 120 Å². The van der Waals surface area contributed by atoms with Gasteiger partial charge >= 0.3 is 0 Å². The number of nitrogens with zero attached hydrogens (tertiary/aromatic N) is 2. The summed E-state index contributed by atoms with van der Waals surface area (Å²) >= 11 is 0. The van der Waals surface area contributed by atoms with Crippen molar-refractivity contribution in [3.05, 3.63) is 73.0 Å². The quantitative estimate of drug-likeness (QED) is 0.544. The predicted octanol–water partition coefficient (Wildman–Crippen LogP) is 4.40. The number of fused-ring (bicyclic) bond motifs is 1. The number of hydrogen-bond acceptors (Lipinski definition) is 2. The average Bonchev–Trinajstić information content (AvgIpc) is 3.16. The van der Waals surface area contributed by atoms with Gasteiger partial charge in [-0.15, -0.1) is 0 Å². The van der Waals surface area contributed by atoms with Crippen LogP contribution in [-0.4, -0.2) is 9.38 Å². The third-order valence-electron chi connectivity index (χ3n) is 3.40. The van der Waals surface area contributed by atoms with Gasteiger partial charge in [-0.25, -0.2) is 9.37 Å². The lowest BCUT2D eigenvalue weighted by molar-refractivity contribution is 0.582. The Morgan fingerprint density at radius 1 is 0.905 bits per heavy atom.